The average molecular weight is 285 g/mol. The molecule has 3 aromatic rings. The third-order valence-corrected chi connectivity index (χ3v) is 3.65. The molecule has 20 heavy (non-hydrogen) atoms. The first-order valence-electron chi connectivity index (χ1n) is 6.14. The van der Waals surface area contributed by atoms with Crippen molar-refractivity contribution >= 4 is 16.5 Å². The van der Waals surface area contributed by atoms with Crippen LogP contribution in [-0.4, -0.2) is 9.97 Å². The number of aromatic nitrogens is 2. The van der Waals surface area contributed by atoms with Crippen molar-refractivity contribution < 1.29 is 4.39 Å². The van der Waals surface area contributed by atoms with E-state index < -0.39 is 0 Å². The zero-order valence-corrected chi connectivity index (χ0v) is 11.3. The van der Waals surface area contributed by atoms with Gasteiger partial charge >= 0.3 is 0 Å². The zero-order chi connectivity index (χ0) is 13.8. The molecule has 1 atom stereocenters. The number of nitrogens with one attached hydrogen (secondary N) is 1. The summed E-state index contributed by atoms with van der Waals surface area (Å²) in [4.78, 5) is 8.27. The quantitative estimate of drug-likeness (QED) is 0.790. The molecule has 1 unspecified atom stereocenters. The zero-order valence-electron chi connectivity index (χ0n) is 10.5. The summed E-state index contributed by atoms with van der Waals surface area (Å²) >= 11 is 1.53. The summed E-state index contributed by atoms with van der Waals surface area (Å²) in [6.45, 7) is 0. The molecule has 0 bridgehead atoms. The van der Waals surface area contributed by atoms with E-state index in [2.05, 4.69) is 15.3 Å². The molecule has 1 N–H and O–H groups in total. The van der Waals surface area contributed by atoms with Crippen molar-refractivity contribution in [3.05, 3.63) is 77.3 Å². The lowest BCUT2D eigenvalue weighted by Crippen LogP contribution is -2.12. The summed E-state index contributed by atoms with van der Waals surface area (Å²) in [5.74, 6) is -0.239. The number of hydrogen-bond donors (Lipinski definition) is 1. The van der Waals surface area contributed by atoms with Crippen LogP contribution in [0.5, 0.6) is 0 Å². The van der Waals surface area contributed by atoms with Gasteiger partial charge in [-0.1, -0.05) is 12.1 Å². The average Bonchev–Trinajstić information content (AvgIpc) is 3.00. The highest BCUT2D eigenvalue weighted by Gasteiger charge is 2.15. The monoisotopic (exact) mass is 285 g/mol. The van der Waals surface area contributed by atoms with Gasteiger partial charge in [0, 0.05) is 24.0 Å². The number of benzene rings is 1. The van der Waals surface area contributed by atoms with E-state index in [4.69, 9.17) is 0 Å². The molecule has 0 aliphatic carbocycles. The fourth-order valence-corrected chi connectivity index (χ4v) is 2.55. The molecule has 5 heteroatoms. The molecule has 3 nitrogen and oxygen atoms in total. The minimum absolute atomic E-state index is 0.0789. The predicted molar refractivity (Wildman–Crippen MR) is 78.2 cm³/mol. The van der Waals surface area contributed by atoms with Gasteiger partial charge in [-0.05, 0) is 35.4 Å². The van der Waals surface area contributed by atoms with Gasteiger partial charge in [0.15, 0.2) is 5.13 Å². The number of nitrogens with zero attached hydrogens (tertiary/aromatic N) is 2. The van der Waals surface area contributed by atoms with Crippen LogP contribution in [0.15, 0.2) is 60.4 Å². The summed E-state index contributed by atoms with van der Waals surface area (Å²) in [5, 5.41) is 6.11. The molecule has 3 rings (SSSR count). The summed E-state index contributed by atoms with van der Waals surface area (Å²) in [6, 6.07) is 10.3. The Hall–Kier alpha value is -2.27. The van der Waals surface area contributed by atoms with Gasteiger partial charge in [-0.3, -0.25) is 4.98 Å². The van der Waals surface area contributed by atoms with Crippen molar-refractivity contribution in [1.82, 2.24) is 9.97 Å². The summed E-state index contributed by atoms with van der Waals surface area (Å²) in [7, 11) is 0. The highest BCUT2D eigenvalue weighted by atomic mass is 32.1. The maximum absolute atomic E-state index is 13.1. The van der Waals surface area contributed by atoms with Crippen molar-refractivity contribution in [2.24, 2.45) is 0 Å². The van der Waals surface area contributed by atoms with Crippen LogP contribution in [0.3, 0.4) is 0 Å². The normalized spacial score (nSPS) is 12.1. The first-order valence-corrected chi connectivity index (χ1v) is 7.02. The highest BCUT2D eigenvalue weighted by Crippen LogP contribution is 2.27. The first-order chi connectivity index (χ1) is 9.83. The van der Waals surface area contributed by atoms with E-state index in [1.807, 2.05) is 17.5 Å². The number of thiazole rings is 1. The van der Waals surface area contributed by atoms with E-state index >= 15 is 0 Å². The minimum atomic E-state index is -0.239. The molecule has 0 saturated carbocycles. The number of pyridine rings is 1. The van der Waals surface area contributed by atoms with E-state index in [0.29, 0.717) is 0 Å². The Labute approximate surface area is 120 Å². The van der Waals surface area contributed by atoms with Crippen LogP contribution < -0.4 is 5.32 Å². The predicted octanol–water partition coefficient (Wildman–Crippen LogP) is 3.88. The Bertz CT molecular complexity index is 653. The molecule has 0 fully saturated rings. The molecule has 0 radical (unpaired) electrons. The molecule has 0 aliphatic rings. The molecule has 0 aliphatic heterocycles. The van der Waals surface area contributed by atoms with Gasteiger partial charge < -0.3 is 5.32 Å². The van der Waals surface area contributed by atoms with Crippen LogP contribution in [0.1, 0.15) is 17.2 Å². The van der Waals surface area contributed by atoms with E-state index in [1.165, 1.54) is 23.5 Å². The highest BCUT2D eigenvalue weighted by molar-refractivity contribution is 7.13. The molecule has 0 spiro atoms. The number of anilines is 1. The summed E-state index contributed by atoms with van der Waals surface area (Å²) < 4.78 is 13.1. The lowest BCUT2D eigenvalue weighted by atomic mass is 10.00. The van der Waals surface area contributed by atoms with Crippen molar-refractivity contribution in [1.29, 1.82) is 0 Å². The van der Waals surface area contributed by atoms with Crippen LogP contribution in [0.4, 0.5) is 9.52 Å². The van der Waals surface area contributed by atoms with Gasteiger partial charge in [0.2, 0.25) is 0 Å². The van der Waals surface area contributed by atoms with E-state index in [-0.39, 0.29) is 11.9 Å². The summed E-state index contributed by atoms with van der Waals surface area (Å²) in [6.07, 6.45) is 5.24. The van der Waals surface area contributed by atoms with E-state index in [1.54, 1.807) is 30.7 Å². The molecule has 100 valence electrons. The van der Waals surface area contributed by atoms with Gasteiger partial charge in [-0.15, -0.1) is 11.3 Å². The molecular formula is C15H12FN3S. The Morgan fingerprint density at radius 3 is 2.30 bits per heavy atom. The van der Waals surface area contributed by atoms with Crippen molar-refractivity contribution in [2.45, 2.75) is 6.04 Å². The lowest BCUT2D eigenvalue weighted by Gasteiger charge is -2.19. The van der Waals surface area contributed by atoms with Crippen LogP contribution in [-0.2, 0) is 0 Å². The molecule has 0 saturated heterocycles. The molecule has 0 amide bonds. The largest absolute Gasteiger partial charge is 0.351 e. The lowest BCUT2D eigenvalue weighted by molar-refractivity contribution is 0.626. The number of halogens is 1. The number of rotatable bonds is 4. The maximum Gasteiger partial charge on any atom is 0.183 e. The Balaban J connectivity index is 1.97. The maximum atomic E-state index is 13.1. The van der Waals surface area contributed by atoms with Gasteiger partial charge in [0.1, 0.15) is 5.82 Å². The van der Waals surface area contributed by atoms with Crippen LogP contribution >= 0.6 is 11.3 Å². The molecule has 2 aromatic heterocycles. The Kier molecular flexibility index (Phi) is 3.69. The van der Waals surface area contributed by atoms with Crippen molar-refractivity contribution in [2.75, 3.05) is 5.32 Å². The van der Waals surface area contributed by atoms with Gasteiger partial charge in [-0.2, -0.15) is 0 Å². The third-order valence-electron chi connectivity index (χ3n) is 2.94. The minimum Gasteiger partial charge on any atom is -0.351 e. The second-order valence-corrected chi connectivity index (χ2v) is 5.14. The van der Waals surface area contributed by atoms with Crippen LogP contribution in [0.2, 0.25) is 0 Å². The molecule has 2 heterocycles. The van der Waals surface area contributed by atoms with Crippen LogP contribution in [0.25, 0.3) is 0 Å². The van der Waals surface area contributed by atoms with E-state index in [9.17, 15) is 4.39 Å². The number of hydrogen-bond acceptors (Lipinski definition) is 4. The second kappa shape index (κ2) is 5.79. The fraction of sp³-hybridized carbons (Fsp3) is 0.0667. The second-order valence-electron chi connectivity index (χ2n) is 4.25. The van der Waals surface area contributed by atoms with Crippen molar-refractivity contribution in [3.63, 3.8) is 0 Å². The molecular weight excluding hydrogens is 273 g/mol. The van der Waals surface area contributed by atoms with E-state index in [0.717, 1.165) is 16.3 Å². The van der Waals surface area contributed by atoms with Gasteiger partial charge in [0.05, 0.1) is 6.04 Å². The Morgan fingerprint density at radius 2 is 1.65 bits per heavy atom. The van der Waals surface area contributed by atoms with Crippen LogP contribution in [0, 0.1) is 5.82 Å². The van der Waals surface area contributed by atoms with Gasteiger partial charge in [-0.25, -0.2) is 9.37 Å². The Morgan fingerprint density at radius 1 is 0.950 bits per heavy atom. The standard InChI is InChI=1S/C15H12FN3S/c16-13-3-1-11(2-4-13)14(12-5-7-17-8-6-12)19-15-18-9-10-20-15/h1-10,14H,(H,18,19). The smallest absolute Gasteiger partial charge is 0.183 e. The third kappa shape index (κ3) is 2.83. The first kappa shape index (κ1) is 12.7. The fourth-order valence-electron chi connectivity index (χ4n) is 1.99. The summed E-state index contributed by atoms with van der Waals surface area (Å²) in [5.41, 5.74) is 2.04. The SMILES string of the molecule is Fc1ccc(C(Nc2nccs2)c2ccncc2)cc1. The van der Waals surface area contributed by atoms with Crippen molar-refractivity contribution in [3.8, 4) is 0 Å². The van der Waals surface area contributed by atoms with Gasteiger partial charge in [0.25, 0.3) is 0 Å². The topological polar surface area (TPSA) is 37.8 Å². The molecule has 1 aromatic carbocycles.